The fourth-order valence-electron chi connectivity index (χ4n) is 3.91. The summed E-state index contributed by atoms with van der Waals surface area (Å²) in [5.74, 6) is 0.512. The van der Waals surface area contributed by atoms with Crippen LogP contribution in [0.4, 0.5) is 0 Å². The lowest BCUT2D eigenvalue weighted by atomic mass is 9.83. The van der Waals surface area contributed by atoms with Crippen molar-refractivity contribution in [2.45, 2.75) is 55.0 Å². The van der Waals surface area contributed by atoms with E-state index in [-0.39, 0.29) is 5.91 Å². The third-order valence-corrected chi connectivity index (χ3v) is 6.98. The highest BCUT2D eigenvalue weighted by molar-refractivity contribution is 8.00. The number of aromatic nitrogens is 3. The van der Waals surface area contributed by atoms with Crippen LogP contribution in [0.1, 0.15) is 39.0 Å². The van der Waals surface area contributed by atoms with Crippen molar-refractivity contribution in [2.24, 2.45) is 0 Å². The fourth-order valence-corrected chi connectivity index (χ4v) is 4.90. The quantitative estimate of drug-likeness (QED) is 0.492. The lowest BCUT2D eigenvalue weighted by Crippen LogP contribution is -2.50. The number of para-hydroxylation sites is 1. The monoisotopic (exact) mass is 465 g/mol. The smallest absolute Gasteiger partial charge is 0.234 e. The first-order chi connectivity index (χ1) is 15.5. The summed E-state index contributed by atoms with van der Waals surface area (Å²) in [5.41, 5.74) is 1.02. The summed E-state index contributed by atoms with van der Waals surface area (Å²) in [4.78, 5) is 13.0. The molecule has 1 heterocycles. The molecular weight excluding hydrogens is 442 g/mol. The molecule has 0 spiro atoms. The number of carbonyl (C=O) groups is 1. The largest absolute Gasteiger partial charge is 0.337 e. The van der Waals surface area contributed by atoms with Crippen LogP contribution in [0.15, 0.2) is 59.8 Å². The molecule has 0 saturated heterocycles. The van der Waals surface area contributed by atoms with E-state index in [1.165, 1.54) is 11.8 Å². The van der Waals surface area contributed by atoms with Gasteiger partial charge in [0, 0.05) is 16.3 Å². The van der Waals surface area contributed by atoms with Crippen LogP contribution < -0.4 is 5.32 Å². The van der Waals surface area contributed by atoms with Gasteiger partial charge in [-0.15, -0.1) is 10.2 Å². The van der Waals surface area contributed by atoms with Crippen LogP contribution >= 0.6 is 23.4 Å². The van der Waals surface area contributed by atoms with Gasteiger partial charge in [0.2, 0.25) is 5.91 Å². The van der Waals surface area contributed by atoms with E-state index < -0.39 is 10.8 Å². The summed E-state index contributed by atoms with van der Waals surface area (Å²) in [6, 6.07) is 19.6. The predicted octanol–water partition coefficient (Wildman–Crippen LogP) is 5.41. The summed E-state index contributed by atoms with van der Waals surface area (Å²) in [6.07, 6.45) is 4.43. The molecule has 1 aliphatic carbocycles. The Bertz CT molecular complexity index is 1120. The topological polar surface area (TPSA) is 83.6 Å². The van der Waals surface area contributed by atoms with Gasteiger partial charge in [0.25, 0.3) is 0 Å². The molecule has 6 nitrogen and oxygen atoms in total. The van der Waals surface area contributed by atoms with E-state index in [0.29, 0.717) is 28.8 Å². The van der Waals surface area contributed by atoms with Crippen LogP contribution in [-0.4, -0.2) is 31.5 Å². The minimum atomic E-state index is -0.758. The number of thioether (sulfide) groups is 1. The standard InChI is InChI=1S/C24H24ClN5OS/c1-17(22(31)27-24(16-26)14-6-3-7-15-24)32-23-29-28-21(18-10-12-19(25)13-11-18)30(23)20-8-4-2-5-9-20/h2,4-5,8-13,17H,3,6-7,14-15H2,1H3,(H,27,31). The van der Waals surface area contributed by atoms with Crippen LogP contribution in [0.2, 0.25) is 5.02 Å². The molecular formula is C24H24ClN5OS. The Hall–Kier alpha value is -2.82. The van der Waals surface area contributed by atoms with Crippen LogP contribution in [0.5, 0.6) is 0 Å². The average Bonchev–Trinajstić information content (AvgIpc) is 3.24. The molecule has 3 aromatic rings. The minimum absolute atomic E-state index is 0.158. The normalized spacial score (nSPS) is 16.2. The lowest BCUT2D eigenvalue weighted by molar-refractivity contribution is -0.121. The zero-order chi connectivity index (χ0) is 22.6. The number of rotatable bonds is 6. The molecule has 1 unspecified atom stereocenters. The molecule has 1 aliphatic rings. The average molecular weight is 466 g/mol. The Morgan fingerprint density at radius 2 is 1.81 bits per heavy atom. The van der Waals surface area contributed by atoms with Gasteiger partial charge in [-0.25, -0.2) is 0 Å². The zero-order valence-corrected chi connectivity index (χ0v) is 19.4. The second-order valence-corrected chi connectivity index (χ2v) is 9.73. The van der Waals surface area contributed by atoms with Crippen LogP contribution in [-0.2, 0) is 4.79 Å². The molecule has 1 amide bonds. The van der Waals surface area contributed by atoms with Gasteiger partial charge in [0.15, 0.2) is 11.0 Å². The molecule has 1 aromatic heterocycles. The molecule has 4 rings (SSSR count). The van der Waals surface area contributed by atoms with Gasteiger partial charge >= 0.3 is 0 Å². The van der Waals surface area contributed by atoms with Gasteiger partial charge in [0.05, 0.1) is 11.3 Å². The number of hydrogen-bond acceptors (Lipinski definition) is 5. The highest BCUT2D eigenvalue weighted by Gasteiger charge is 2.35. The van der Waals surface area contributed by atoms with Crippen LogP contribution in [0.25, 0.3) is 17.1 Å². The summed E-state index contributed by atoms with van der Waals surface area (Å²) < 4.78 is 1.94. The molecule has 164 valence electrons. The summed E-state index contributed by atoms with van der Waals surface area (Å²) in [7, 11) is 0. The van der Waals surface area contributed by atoms with Crippen LogP contribution in [0.3, 0.4) is 0 Å². The molecule has 1 atom stereocenters. The van der Waals surface area contributed by atoms with E-state index in [9.17, 15) is 10.1 Å². The van der Waals surface area contributed by atoms with Crippen LogP contribution in [0, 0.1) is 11.3 Å². The predicted molar refractivity (Wildman–Crippen MR) is 127 cm³/mol. The zero-order valence-electron chi connectivity index (χ0n) is 17.8. The van der Waals surface area contributed by atoms with Crippen molar-refractivity contribution in [3.8, 4) is 23.1 Å². The third-order valence-electron chi connectivity index (χ3n) is 5.69. The maximum atomic E-state index is 13.0. The lowest BCUT2D eigenvalue weighted by Gasteiger charge is -2.32. The molecule has 0 bridgehead atoms. The van der Waals surface area contributed by atoms with E-state index in [4.69, 9.17) is 11.6 Å². The number of halogens is 1. The molecule has 1 saturated carbocycles. The number of amides is 1. The Labute approximate surface area is 197 Å². The molecule has 1 N–H and O–H groups in total. The number of nitrogens with zero attached hydrogens (tertiary/aromatic N) is 4. The summed E-state index contributed by atoms with van der Waals surface area (Å²) in [5, 5.41) is 22.3. The van der Waals surface area contributed by atoms with Gasteiger partial charge in [0.1, 0.15) is 5.54 Å². The second kappa shape index (κ2) is 9.76. The maximum Gasteiger partial charge on any atom is 0.234 e. The number of benzene rings is 2. The van der Waals surface area contributed by atoms with E-state index in [0.717, 1.165) is 30.5 Å². The van der Waals surface area contributed by atoms with Crippen molar-refractivity contribution < 1.29 is 4.79 Å². The number of hydrogen-bond donors (Lipinski definition) is 1. The fraction of sp³-hybridized carbons (Fsp3) is 0.333. The van der Waals surface area contributed by atoms with Gasteiger partial charge in [-0.05, 0) is 56.2 Å². The first-order valence-electron chi connectivity index (χ1n) is 10.7. The Kier molecular flexibility index (Phi) is 6.83. The van der Waals surface area contributed by atoms with Crippen molar-refractivity contribution in [1.29, 1.82) is 5.26 Å². The highest BCUT2D eigenvalue weighted by Crippen LogP contribution is 2.32. The van der Waals surface area contributed by atoms with E-state index in [1.54, 1.807) is 0 Å². The van der Waals surface area contributed by atoms with Crippen molar-refractivity contribution in [1.82, 2.24) is 20.1 Å². The van der Waals surface area contributed by atoms with E-state index in [2.05, 4.69) is 21.6 Å². The van der Waals surface area contributed by atoms with Gasteiger partial charge in [-0.1, -0.05) is 60.8 Å². The minimum Gasteiger partial charge on any atom is -0.337 e. The summed E-state index contributed by atoms with van der Waals surface area (Å²) >= 11 is 7.39. The molecule has 0 aliphatic heterocycles. The van der Waals surface area contributed by atoms with Gasteiger partial charge in [-0.3, -0.25) is 9.36 Å². The van der Waals surface area contributed by atoms with Gasteiger partial charge < -0.3 is 5.32 Å². The molecule has 0 radical (unpaired) electrons. The van der Waals surface area contributed by atoms with Gasteiger partial charge in [-0.2, -0.15) is 5.26 Å². The first-order valence-corrected chi connectivity index (χ1v) is 11.9. The van der Waals surface area contributed by atoms with Crippen molar-refractivity contribution in [2.75, 3.05) is 0 Å². The third kappa shape index (κ3) is 4.82. The molecule has 1 fully saturated rings. The SMILES string of the molecule is CC(Sc1nnc(-c2ccc(Cl)cc2)n1-c1ccccc1)C(=O)NC1(C#N)CCCCC1. The highest BCUT2D eigenvalue weighted by atomic mass is 35.5. The molecule has 8 heteroatoms. The molecule has 2 aromatic carbocycles. The van der Waals surface area contributed by atoms with Crippen molar-refractivity contribution in [3.05, 3.63) is 59.6 Å². The number of nitriles is 1. The number of nitrogens with one attached hydrogen (secondary N) is 1. The Morgan fingerprint density at radius 3 is 2.47 bits per heavy atom. The maximum absolute atomic E-state index is 13.0. The molecule has 32 heavy (non-hydrogen) atoms. The van der Waals surface area contributed by atoms with Crippen molar-refractivity contribution >= 4 is 29.3 Å². The number of carbonyl (C=O) groups excluding carboxylic acids is 1. The second-order valence-electron chi connectivity index (χ2n) is 7.99. The summed E-state index contributed by atoms with van der Waals surface area (Å²) in [6.45, 7) is 1.83. The van der Waals surface area contributed by atoms with E-state index >= 15 is 0 Å². The first kappa shape index (κ1) is 22.4. The Balaban J connectivity index is 1.61. The van der Waals surface area contributed by atoms with E-state index in [1.807, 2.05) is 66.1 Å². The Morgan fingerprint density at radius 1 is 1.12 bits per heavy atom. The van der Waals surface area contributed by atoms with Crippen molar-refractivity contribution in [3.63, 3.8) is 0 Å².